The molecule has 1 heterocycles. The molecule has 0 bridgehead atoms. The number of nitriles is 1. The van der Waals surface area contributed by atoms with Gasteiger partial charge < -0.3 is 5.32 Å². The Balaban J connectivity index is 1.88. The number of hydrogen-bond acceptors (Lipinski definition) is 3. The van der Waals surface area contributed by atoms with Crippen molar-refractivity contribution in [3.8, 4) is 6.07 Å². The zero-order chi connectivity index (χ0) is 12.8. The van der Waals surface area contributed by atoms with Gasteiger partial charge in [-0.3, -0.25) is 4.90 Å². The molecule has 1 aliphatic rings. The Hall–Kier alpha value is -1.53. The maximum Gasteiger partial charge on any atom is 0.101 e. The van der Waals surface area contributed by atoms with Gasteiger partial charge in [0.2, 0.25) is 0 Å². The van der Waals surface area contributed by atoms with E-state index in [0.29, 0.717) is 6.04 Å². The highest BCUT2D eigenvalue weighted by Gasteiger charge is 2.16. The topological polar surface area (TPSA) is 39.1 Å². The molecule has 3 nitrogen and oxygen atoms in total. The first-order chi connectivity index (χ1) is 8.81. The maximum absolute atomic E-state index is 9.03. The van der Waals surface area contributed by atoms with Crippen LogP contribution in [0.5, 0.6) is 0 Å². The summed E-state index contributed by atoms with van der Waals surface area (Å²) in [5.41, 5.74) is 1.67. The van der Waals surface area contributed by atoms with E-state index in [2.05, 4.69) is 23.2 Å². The molecule has 1 aliphatic heterocycles. The lowest BCUT2D eigenvalue weighted by atomic mass is 10.1. The number of benzene rings is 1. The Morgan fingerprint density at radius 3 is 2.72 bits per heavy atom. The number of likely N-dealkylation sites (tertiary alicyclic amines) is 1. The molecule has 0 aromatic heterocycles. The fraction of sp³-hybridized carbons (Fsp3) is 0.533. The minimum atomic E-state index is 0.525. The van der Waals surface area contributed by atoms with Crippen LogP contribution < -0.4 is 5.32 Å². The van der Waals surface area contributed by atoms with Gasteiger partial charge in [-0.15, -0.1) is 0 Å². The molecule has 1 atom stereocenters. The predicted molar refractivity (Wildman–Crippen MR) is 74.5 cm³/mol. The largest absolute Gasteiger partial charge is 0.382 e. The fourth-order valence-electron chi connectivity index (χ4n) is 2.48. The van der Waals surface area contributed by atoms with Crippen molar-refractivity contribution in [1.29, 1.82) is 5.26 Å². The van der Waals surface area contributed by atoms with E-state index in [1.165, 1.54) is 32.4 Å². The molecule has 1 aromatic rings. The van der Waals surface area contributed by atoms with Crippen LogP contribution in [0.25, 0.3) is 0 Å². The second kappa shape index (κ2) is 6.42. The second-order valence-electron chi connectivity index (χ2n) is 4.98. The van der Waals surface area contributed by atoms with E-state index in [4.69, 9.17) is 5.26 Å². The van der Waals surface area contributed by atoms with E-state index in [1.54, 1.807) is 0 Å². The van der Waals surface area contributed by atoms with E-state index in [0.717, 1.165) is 17.8 Å². The van der Waals surface area contributed by atoms with Crippen molar-refractivity contribution < 1.29 is 0 Å². The monoisotopic (exact) mass is 243 g/mol. The van der Waals surface area contributed by atoms with Crippen molar-refractivity contribution >= 4 is 5.69 Å². The molecule has 2 rings (SSSR count). The van der Waals surface area contributed by atoms with E-state index in [9.17, 15) is 0 Å². The number of nitrogens with one attached hydrogen (secondary N) is 1. The summed E-state index contributed by atoms with van der Waals surface area (Å²) < 4.78 is 0. The van der Waals surface area contributed by atoms with Crippen LogP contribution in [0.1, 0.15) is 31.7 Å². The van der Waals surface area contributed by atoms with E-state index < -0.39 is 0 Å². The van der Waals surface area contributed by atoms with Crippen molar-refractivity contribution in [2.45, 2.75) is 32.2 Å². The minimum Gasteiger partial charge on any atom is -0.382 e. The molecule has 0 amide bonds. The number of hydrogen-bond donors (Lipinski definition) is 1. The summed E-state index contributed by atoms with van der Waals surface area (Å²) in [4.78, 5) is 2.53. The Bertz CT molecular complexity index is 416. The third-order valence-corrected chi connectivity index (χ3v) is 3.65. The van der Waals surface area contributed by atoms with Crippen LogP contribution in [0.3, 0.4) is 0 Å². The van der Waals surface area contributed by atoms with Crippen molar-refractivity contribution in [3.05, 3.63) is 29.8 Å². The summed E-state index contributed by atoms with van der Waals surface area (Å²) in [5.74, 6) is 0. The van der Waals surface area contributed by atoms with Gasteiger partial charge in [0, 0.05) is 12.6 Å². The molecule has 1 aromatic carbocycles. The molecule has 1 unspecified atom stereocenters. The van der Waals surface area contributed by atoms with Gasteiger partial charge in [-0.2, -0.15) is 5.26 Å². The van der Waals surface area contributed by atoms with Crippen LogP contribution in [-0.4, -0.2) is 30.6 Å². The first-order valence-electron chi connectivity index (χ1n) is 6.78. The zero-order valence-corrected chi connectivity index (χ0v) is 11.0. The molecular formula is C15H21N3. The summed E-state index contributed by atoms with van der Waals surface area (Å²) in [6.45, 7) is 5.58. The molecule has 1 fully saturated rings. The van der Waals surface area contributed by atoms with Crippen LogP contribution in [-0.2, 0) is 0 Å². The van der Waals surface area contributed by atoms with Gasteiger partial charge in [0.05, 0.1) is 11.3 Å². The second-order valence-corrected chi connectivity index (χ2v) is 4.98. The Kier molecular flexibility index (Phi) is 4.60. The molecule has 0 spiro atoms. The molecule has 96 valence electrons. The van der Waals surface area contributed by atoms with E-state index >= 15 is 0 Å². The van der Waals surface area contributed by atoms with Crippen molar-refractivity contribution in [2.75, 3.05) is 25.0 Å². The molecule has 18 heavy (non-hydrogen) atoms. The normalized spacial score (nSPS) is 18.0. The van der Waals surface area contributed by atoms with Crippen LogP contribution >= 0.6 is 0 Å². The van der Waals surface area contributed by atoms with Crippen LogP contribution in [0, 0.1) is 11.3 Å². The standard InChI is InChI=1S/C15H21N3/c1-13(18-9-5-2-6-10-18)12-17-15-8-4-3-7-14(15)11-16/h3-4,7-8,13,17H,2,5-6,9-10,12H2,1H3. The Morgan fingerprint density at radius 1 is 1.28 bits per heavy atom. The van der Waals surface area contributed by atoms with Crippen LogP contribution in [0.4, 0.5) is 5.69 Å². The van der Waals surface area contributed by atoms with Gasteiger partial charge in [0.25, 0.3) is 0 Å². The van der Waals surface area contributed by atoms with E-state index in [1.807, 2.05) is 24.3 Å². The molecule has 0 aliphatic carbocycles. The summed E-state index contributed by atoms with van der Waals surface area (Å²) in [6.07, 6.45) is 4.01. The highest BCUT2D eigenvalue weighted by Crippen LogP contribution is 2.16. The average molecular weight is 243 g/mol. The first-order valence-corrected chi connectivity index (χ1v) is 6.78. The van der Waals surface area contributed by atoms with Crippen molar-refractivity contribution in [2.24, 2.45) is 0 Å². The predicted octanol–water partition coefficient (Wildman–Crippen LogP) is 2.84. The molecule has 1 saturated heterocycles. The van der Waals surface area contributed by atoms with Gasteiger partial charge in [-0.1, -0.05) is 18.6 Å². The Labute approximate surface area is 109 Å². The van der Waals surface area contributed by atoms with Gasteiger partial charge >= 0.3 is 0 Å². The first kappa shape index (κ1) is 12.9. The van der Waals surface area contributed by atoms with E-state index in [-0.39, 0.29) is 0 Å². The highest BCUT2D eigenvalue weighted by atomic mass is 15.2. The van der Waals surface area contributed by atoms with Crippen molar-refractivity contribution in [3.63, 3.8) is 0 Å². The summed E-state index contributed by atoms with van der Waals surface area (Å²) in [6, 6.07) is 10.4. The zero-order valence-electron chi connectivity index (χ0n) is 11.0. The third kappa shape index (κ3) is 3.24. The van der Waals surface area contributed by atoms with Crippen LogP contribution in [0.15, 0.2) is 24.3 Å². The number of nitrogens with zero attached hydrogens (tertiary/aromatic N) is 2. The number of para-hydroxylation sites is 1. The average Bonchev–Trinajstić information content (AvgIpc) is 2.46. The molecule has 0 saturated carbocycles. The summed E-state index contributed by atoms with van der Waals surface area (Å²) in [7, 11) is 0. The van der Waals surface area contributed by atoms with Gasteiger partial charge in [-0.25, -0.2) is 0 Å². The summed E-state index contributed by atoms with van der Waals surface area (Å²) >= 11 is 0. The molecule has 1 N–H and O–H groups in total. The Morgan fingerprint density at radius 2 is 2.00 bits per heavy atom. The third-order valence-electron chi connectivity index (χ3n) is 3.65. The molecule has 3 heteroatoms. The minimum absolute atomic E-state index is 0.525. The molecular weight excluding hydrogens is 222 g/mol. The number of anilines is 1. The fourth-order valence-corrected chi connectivity index (χ4v) is 2.48. The quantitative estimate of drug-likeness (QED) is 0.883. The van der Waals surface area contributed by atoms with Crippen LogP contribution in [0.2, 0.25) is 0 Å². The lowest BCUT2D eigenvalue weighted by Gasteiger charge is -2.32. The smallest absolute Gasteiger partial charge is 0.101 e. The lowest BCUT2D eigenvalue weighted by Crippen LogP contribution is -2.41. The SMILES string of the molecule is CC(CNc1ccccc1C#N)N1CCCCC1. The van der Waals surface area contributed by atoms with Gasteiger partial charge in [-0.05, 0) is 45.0 Å². The highest BCUT2D eigenvalue weighted by molar-refractivity contribution is 5.57. The van der Waals surface area contributed by atoms with Gasteiger partial charge in [0.15, 0.2) is 0 Å². The summed E-state index contributed by atoms with van der Waals surface area (Å²) in [5, 5.41) is 12.4. The number of rotatable bonds is 4. The molecule has 0 radical (unpaired) electrons. The number of piperidine rings is 1. The van der Waals surface area contributed by atoms with Gasteiger partial charge in [0.1, 0.15) is 6.07 Å². The maximum atomic E-state index is 9.03. The lowest BCUT2D eigenvalue weighted by molar-refractivity contribution is 0.180. The van der Waals surface area contributed by atoms with Crippen molar-refractivity contribution in [1.82, 2.24) is 4.90 Å².